The quantitative estimate of drug-likeness (QED) is 0.302. The summed E-state index contributed by atoms with van der Waals surface area (Å²) >= 11 is 0. The number of carboxylic acid groups (broad SMARTS) is 1. The van der Waals surface area contributed by atoms with E-state index in [9.17, 15) is 14.9 Å². The molecular weight excluding hydrogens is 428 g/mol. The smallest absolute Gasteiger partial charge is 0.303 e. The second-order valence-electron chi connectivity index (χ2n) is 8.41. The van der Waals surface area contributed by atoms with Crippen molar-refractivity contribution in [2.45, 2.75) is 31.7 Å². The molecule has 0 radical (unpaired) electrons. The first kappa shape index (κ1) is 25.0. The molecule has 1 fully saturated rings. The summed E-state index contributed by atoms with van der Waals surface area (Å²) in [6.07, 6.45) is 3.81. The Morgan fingerprint density at radius 3 is 2.06 bits per heavy atom. The molecule has 34 heavy (non-hydrogen) atoms. The molecule has 3 rings (SSSR count). The van der Waals surface area contributed by atoms with Gasteiger partial charge in [-0.3, -0.25) is 14.5 Å². The first-order valence-electron chi connectivity index (χ1n) is 11.8. The zero-order valence-corrected chi connectivity index (χ0v) is 19.4. The third-order valence-electron chi connectivity index (χ3n) is 5.97. The highest BCUT2D eigenvalue weighted by atomic mass is 16.4. The highest BCUT2D eigenvalue weighted by Gasteiger charge is 2.26. The Morgan fingerprint density at radius 1 is 0.941 bits per heavy atom. The summed E-state index contributed by atoms with van der Waals surface area (Å²) in [7, 11) is 0. The van der Waals surface area contributed by atoms with Crippen LogP contribution in [0.1, 0.15) is 42.9 Å². The summed E-state index contributed by atoms with van der Waals surface area (Å²) in [5.74, 6) is -1.19. The molecule has 0 bridgehead atoms. The Hall–Kier alpha value is -3.63. The maximum atomic E-state index is 12.4. The number of carbonyl (C=O) groups excluding carboxylic acids is 1. The van der Waals surface area contributed by atoms with Gasteiger partial charge in [0.25, 0.3) is 5.91 Å². The van der Waals surface area contributed by atoms with Gasteiger partial charge in [-0.2, -0.15) is 5.26 Å². The minimum atomic E-state index is -0.808. The lowest BCUT2D eigenvalue weighted by Crippen LogP contribution is -2.46. The van der Waals surface area contributed by atoms with E-state index in [1.807, 2.05) is 23.1 Å². The van der Waals surface area contributed by atoms with Gasteiger partial charge < -0.3 is 15.3 Å². The van der Waals surface area contributed by atoms with Gasteiger partial charge in [-0.25, -0.2) is 0 Å². The van der Waals surface area contributed by atoms with Crippen molar-refractivity contribution in [3.05, 3.63) is 83.6 Å². The van der Waals surface area contributed by atoms with Crippen molar-refractivity contribution in [2.75, 3.05) is 32.7 Å². The number of nitrogens with one attached hydrogen (secondary N) is 1. The van der Waals surface area contributed by atoms with Gasteiger partial charge in [0.05, 0.1) is 6.04 Å². The zero-order chi connectivity index (χ0) is 24.2. The van der Waals surface area contributed by atoms with Gasteiger partial charge in [-0.05, 0) is 24.0 Å². The van der Waals surface area contributed by atoms with Gasteiger partial charge in [-0.1, -0.05) is 67.1 Å². The van der Waals surface area contributed by atoms with Crippen molar-refractivity contribution < 1.29 is 14.7 Å². The Kier molecular flexibility index (Phi) is 9.68. The number of hydrogen-bond acceptors (Lipinski definition) is 5. The van der Waals surface area contributed by atoms with Crippen LogP contribution in [0, 0.1) is 11.3 Å². The van der Waals surface area contributed by atoms with Crippen LogP contribution in [0.25, 0.3) is 0 Å². The Balaban J connectivity index is 1.55. The standard InChI is InChI=1S/C27H32N4O3/c28-20-24(27(34)29-15-9-3-8-14-25(32)33)21-30-16-18-31(19-17-30)26(22-10-4-1-5-11-22)23-12-6-2-7-13-23/h1-2,4-7,10-13,21,26H,3,8-9,14-19H2,(H,29,34)(H,32,33)/b24-21-. The second-order valence-corrected chi connectivity index (χ2v) is 8.41. The van der Waals surface area contributed by atoms with E-state index in [2.05, 4.69) is 58.7 Å². The monoisotopic (exact) mass is 460 g/mol. The van der Waals surface area contributed by atoms with E-state index in [0.717, 1.165) is 32.6 Å². The molecule has 1 aliphatic rings. The molecule has 0 saturated carbocycles. The molecule has 2 N–H and O–H groups in total. The maximum Gasteiger partial charge on any atom is 0.303 e. The minimum absolute atomic E-state index is 0.0988. The largest absolute Gasteiger partial charge is 0.481 e. The number of carboxylic acids is 1. The van der Waals surface area contributed by atoms with E-state index in [1.165, 1.54) is 11.1 Å². The van der Waals surface area contributed by atoms with E-state index in [0.29, 0.717) is 19.4 Å². The van der Waals surface area contributed by atoms with Crippen LogP contribution in [0.5, 0.6) is 0 Å². The molecule has 1 aliphatic heterocycles. The highest BCUT2D eigenvalue weighted by Crippen LogP contribution is 2.29. The van der Waals surface area contributed by atoms with Gasteiger partial charge in [0, 0.05) is 45.3 Å². The van der Waals surface area contributed by atoms with Crippen LogP contribution in [-0.4, -0.2) is 59.5 Å². The predicted octanol–water partition coefficient (Wildman–Crippen LogP) is 3.56. The van der Waals surface area contributed by atoms with Crippen molar-refractivity contribution in [1.29, 1.82) is 5.26 Å². The second kappa shape index (κ2) is 13.2. The van der Waals surface area contributed by atoms with Crippen LogP contribution in [0.15, 0.2) is 72.4 Å². The van der Waals surface area contributed by atoms with Crippen LogP contribution >= 0.6 is 0 Å². The molecule has 7 nitrogen and oxygen atoms in total. The summed E-state index contributed by atoms with van der Waals surface area (Å²) in [6, 6.07) is 23.1. The normalized spacial score (nSPS) is 14.6. The molecule has 1 saturated heterocycles. The van der Waals surface area contributed by atoms with Gasteiger partial charge >= 0.3 is 5.97 Å². The number of aliphatic carboxylic acids is 1. The molecule has 2 aromatic rings. The SMILES string of the molecule is N#C/C(=C/N1CCN(C(c2ccccc2)c2ccccc2)CC1)C(=O)NCCCCCC(=O)O. The van der Waals surface area contributed by atoms with E-state index in [4.69, 9.17) is 5.11 Å². The van der Waals surface area contributed by atoms with E-state index in [1.54, 1.807) is 6.20 Å². The Labute approximate surface area is 201 Å². The lowest BCUT2D eigenvalue weighted by molar-refractivity contribution is -0.137. The molecule has 0 aliphatic carbocycles. The third kappa shape index (κ3) is 7.46. The van der Waals surface area contributed by atoms with E-state index >= 15 is 0 Å². The number of hydrogen-bond donors (Lipinski definition) is 2. The fourth-order valence-corrected chi connectivity index (χ4v) is 4.21. The maximum absolute atomic E-state index is 12.4. The fourth-order valence-electron chi connectivity index (χ4n) is 4.21. The number of amides is 1. The number of benzene rings is 2. The molecule has 0 aromatic heterocycles. The summed E-state index contributed by atoms with van der Waals surface area (Å²) in [5.41, 5.74) is 2.60. The van der Waals surface area contributed by atoms with E-state index in [-0.39, 0.29) is 23.9 Å². The van der Waals surface area contributed by atoms with Crippen LogP contribution in [0.2, 0.25) is 0 Å². The summed E-state index contributed by atoms with van der Waals surface area (Å²) in [5, 5.41) is 20.9. The van der Waals surface area contributed by atoms with Crippen molar-refractivity contribution in [2.24, 2.45) is 0 Å². The first-order chi connectivity index (χ1) is 16.6. The molecule has 2 aromatic carbocycles. The molecule has 0 unspecified atom stereocenters. The van der Waals surface area contributed by atoms with Gasteiger partial charge in [0.2, 0.25) is 0 Å². The lowest BCUT2D eigenvalue weighted by Gasteiger charge is -2.39. The van der Waals surface area contributed by atoms with Crippen molar-refractivity contribution in [1.82, 2.24) is 15.1 Å². The number of unbranched alkanes of at least 4 members (excludes halogenated alkanes) is 2. The van der Waals surface area contributed by atoms with Crippen LogP contribution < -0.4 is 5.32 Å². The Morgan fingerprint density at radius 2 is 1.53 bits per heavy atom. The van der Waals surface area contributed by atoms with E-state index < -0.39 is 5.97 Å². The fraction of sp³-hybridized carbons (Fsp3) is 0.370. The van der Waals surface area contributed by atoms with Gasteiger partial charge in [-0.15, -0.1) is 0 Å². The van der Waals surface area contributed by atoms with Crippen LogP contribution in [-0.2, 0) is 9.59 Å². The number of nitriles is 1. The highest BCUT2D eigenvalue weighted by molar-refractivity contribution is 5.97. The average molecular weight is 461 g/mol. The van der Waals surface area contributed by atoms with Crippen LogP contribution in [0.3, 0.4) is 0 Å². The number of nitrogens with zero attached hydrogens (tertiary/aromatic N) is 3. The van der Waals surface area contributed by atoms with Crippen molar-refractivity contribution in [3.8, 4) is 6.07 Å². The van der Waals surface area contributed by atoms with Gasteiger partial charge in [0.1, 0.15) is 11.6 Å². The average Bonchev–Trinajstić information content (AvgIpc) is 2.86. The third-order valence-corrected chi connectivity index (χ3v) is 5.97. The lowest BCUT2D eigenvalue weighted by atomic mass is 9.96. The predicted molar refractivity (Wildman–Crippen MR) is 131 cm³/mol. The van der Waals surface area contributed by atoms with Gasteiger partial charge in [0.15, 0.2) is 0 Å². The topological polar surface area (TPSA) is 96.7 Å². The molecule has 178 valence electrons. The summed E-state index contributed by atoms with van der Waals surface area (Å²) < 4.78 is 0. The number of carbonyl (C=O) groups is 2. The van der Waals surface area contributed by atoms with Crippen molar-refractivity contribution >= 4 is 11.9 Å². The molecule has 0 spiro atoms. The Bertz CT molecular complexity index is 954. The molecule has 7 heteroatoms. The summed E-state index contributed by atoms with van der Waals surface area (Å²) in [6.45, 7) is 3.51. The van der Waals surface area contributed by atoms with Crippen LogP contribution in [0.4, 0.5) is 0 Å². The molecule has 1 heterocycles. The summed E-state index contributed by atoms with van der Waals surface area (Å²) in [4.78, 5) is 27.4. The number of piperazine rings is 1. The molecular formula is C27H32N4O3. The molecule has 1 amide bonds. The minimum Gasteiger partial charge on any atom is -0.481 e. The molecule has 0 atom stereocenters. The van der Waals surface area contributed by atoms with Crippen molar-refractivity contribution in [3.63, 3.8) is 0 Å². The zero-order valence-electron chi connectivity index (χ0n) is 19.4. The number of rotatable bonds is 11. The first-order valence-corrected chi connectivity index (χ1v) is 11.8.